The van der Waals surface area contributed by atoms with E-state index in [2.05, 4.69) is 0 Å². The van der Waals surface area contributed by atoms with E-state index in [1.165, 1.54) is 12.1 Å². The summed E-state index contributed by atoms with van der Waals surface area (Å²) in [5.74, 6) is -0.487. The number of carbonyl (C=O) groups is 1. The predicted molar refractivity (Wildman–Crippen MR) is 70.3 cm³/mol. The number of benzene rings is 1. The molecule has 0 aliphatic heterocycles. The fraction of sp³-hybridized carbons (Fsp3) is 0.300. The first-order valence-electron chi connectivity index (χ1n) is 4.80. The zero-order chi connectivity index (χ0) is 13.8. The molecule has 0 unspecified atom stereocenters. The highest BCUT2D eigenvalue weighted by atomic mass is 35.7. The standard InChI is InChI=1S/C10H11ClO5S2/c1-17-5-4-16-8-3-2-7(10(12)13)6-9(8)18(11,14)15/h2-3,6H,4-5H2,1H3,(H,12,13). The molecule has 0 amide bonds. The van der Waals surface area contributed by atoms with Crippen LogP contribution in [0.2, 0.25) is 0 Å². The zero-order valence-electron chi connectivity index (χ0n) is 9.42. The van der Waals surface area contributed by atoms with E-state index in [1.54, 1.807) is 11.8 Å². The molecule has 18 heavy (non-hydrogen) atoms. The summed E-state index contributed by atoms with van der Waals surface area (Å²) in [6.45, 7) is 0.312. The molecule has 0 saturated heterocycles. The summed E-state index contributed by atoms with van der Waals surface area (Å²) in [5.41, 5.74) is -0.161. The van der Waals surface area contributed by atoms with Crippen LogP contribution in [0, 0.1) is 0 Å². The second-order valence-corrected chi connectivity index (χ2v) is 6.77. The SMILES string of the molecule is CSCCOc1ccc(C(=O)O)cc1S(=O)(=O)Cl. The summed E-state index contributed by atoms with van der Waals surface area (Å²) in [5, 5.41) is 8.80. The molecule has 1 rings (SSSR count). The summed E-state index contributed by atoms with van der Waals surface area (Å²) in [6.07, 6.45) is 1.89. The predicted octanol–water partition coefficient (Wildman–Crippen LogP) is 2.05. The van der Waals surface area contributed by atoms with Crippen molar-refractivity contribution in [3.63, 3.8) is 0 Å². The van der Waals surface area contributed by atoms with Gasteiger partial charge in [0.2, 0.25) is 0 Å². The number of thioether (sulfide) groups is 1. The molecule has 0 aromatic heterocycles. The minimum atomic E-state index is -4.05. The van der Waals surface area contributed by atoms with Crippen molar-refractivity contribution in [1.29, 1.82) is 0 Å². The Balaban J connectivity index is 3.14. The molecule has 0 saturated carbocycles. The zero-order valence-corrected chi connectivity index (χ0v) is 11.8. The highest BCUT2D eigenvalue weighted by Gasteiger charge is 2.19. The highest BCUT2D eigenvalue weighted by Crippen LogP contribution is 2.28. The molecule has 0 spiro atoms. The minimum Gasteiger partial charge on any atom is -0.491 e. The second kappa shape index (κ2) is 6.31. The number of carboxylic acids is 1. The van der Waals surface area contributed by atoms with Gasteiger partial charge in [-0.3, -0.25) is 0 Å². The lowest BCUT2D eigenvalue weighted by atomic mass is 10.2. The van der Waals surface area contributed by atoms with E-state index in [4.69, 9.17) is 20.5 Å². The van der Waals surface area contributed by atoms with Crippen LogP contribution < -0.4 is 4.74 Å². The van der Waals surface area contributed by atoms with E-state index in [0.717, 1.165) is 6.07 Å². The number of aromatic carboxylic acids is 1. The van der Waals surface area contributed by atoms with Gasteiger partial charge in [0.1, 0.15) is 10.6 Å². The van der Waals surface area contributed by atoms with E-state index in [0.29, 0.717) is 12.4 Å². The lowest BCUT2D eigenvalue weighted by Crippen LogP contribution is -2.06. The summed E-state index contributed by atoms with van der Waals surface area (Å²) in [7, 11) is 1.20. The van der Waals surface area contributed by atoms with Gasteiger partial charge in [0.25, 0.3) is 9.05 Å². The van der Waals surface area contributed by atoms with Crippen LogP contribution in [0.4, 0.5) is 0 Å². The third-order valence-corrected chi connectivity index (χ3v) is 3.92. The van der Waals surface area contributed by atoms with Gasteiger partial charge in [-0.25, -0.2) is 13.2 Å². The van der Waals surface area contributed by atoms with Crippen LogP contribution >= 0.6 is 22.4 Å². The number of carboxylic acid groups (broad SMARTS) is 1. The molecule has 8 heteroatoms. The molecule has 1 aromatic rings. The molecule has 5 nitrogen and oxygen atoms in total. The van der Waals surface area contributed by atoms with E-state index in [9.17, 15) is 13.2 Å². The fourth-order valence-electron chi connectivity index (χ4n) is 1.19. The highest BCUT2D eigenvalue weighted by molar-refractivity contribution is 8.13. The Morgan fingerprint density at radius 2 is 2.17 bits per heavy atom. The van der Waals surface area contributed by atoms with Gasteiger partial charge in [-0.1, -0.05) is 0 Å². The van der Waals surface area contributed by atoms with Crippen LogP contribution in [-0.2, 0) is 9.05 Å². The van der Waals surface area contributed by atoms with Crippen molar-refractivity contribution in [3.05, 3.63) is 23.8 Å². The Morgan fingerprint density at radius 1 is 1.50 bits per heavy atom. The van der Waals surface area contributed by atoms with Crippen LogP contribution in [0.3, 0.4) is 0 Å². The molecule has 0 radical (unpaired) electrons. The molecular formula is C10H11ClO5S2. The first-order valence-corrected chi connectivity index (χ1v) is 8.50. The number of halogens is 1. The van der Waals surface area contributed by atoms with Gasteiger partial charge in [-0.15, -0.1) is 0 Å². The summed E-state index contributed by atoms with van der Waals surface area (Å²) < 4.78 is 28.0. The van der Waals surface area contributed by atoms with Gasteiger partial charge in [0, 0.05) is 16.4 Å². The van der Waals surface area contributed by atoms with Crippen LogP contribution in [0.5, 0.6) is 5.75 Å². The van der Waals surface area contributed by atoms with Crippen molar-refractivity contribution in [2.24, 2.45) is 0 Å². The maximum Gasteiger partial charge on any atom is 0.335 e. The quantitative estimate of drug-likeness (QED) is 0.640. The average Bonchev–Trinajstić information content (AvgIpc) is 2.28. The van der Waals surface area contributed by atoms with E-state index in [1.807, 2.05) is 6.26 Å². The Hall–Kier alpha value is -0.920. The van der Waals surface area contributed by atoms with Crippen LogP contribution in [0.25, 0.3) is 0 Å². The summed E-state index contributed by atoms with van der Waals surface area (Å²) in [6, 6.07) is 3.54. The average molecular weight is 311 g/mol. The van der Waals surface area contributed by atoms with Crippen molar-refractivity contribution in [3.8, 4) is 5.75 Å². The molecule has 1 aromatic carbocycles. The molecule has 100 valence electrons. The van der Waals surface area contributed by atoms with Gasteiger partial charge in [0.05, 0.1) is 12.2 Å². The van der Waals surface area contributed by atoms with Crippen molar-refractivity contribution in [2.75, 3.05) is 18.6 Å². The van der Waals surface area contributed by atoms with E-state index in [-0.39, 0.29) is 16.2 Å². The molecule has 0 fully saturated rings. The Labute approximate surface area is 114 Å². The summed E-state index contributed by atoms with van der Waals surface area (Å²) in [4.78, 5) is 10.4. The Kier molecular flexibility index (Phi) is 5.30. The van der Waals surface area contributed by atoms with Crippen molar-refractivity contribution >= 4 is 37.5 Å². The number of rotatable bonds is 6. The third kappa shape index (κ3) is 4.08. The Bertz CT molecular complexity index is 541. The first kappa shape index (κ1) is 15.1. The Morgan fingerprint density at radius 3 is 2.67 bits per heavy atom. The largest absolute Gasteiger partial charge is 0.491 e. The molecule has 0 atom stereocenters. The fourth-order valence-corrected chi connectivity index (χ4v) is 2.43. The minimum absolute atomic E-state index is 0.0593. The van der Waals surface area contributed by atoms with E-state index < -0.39 is 15.0 Å². The second-order valence-electron chi connectivity index (χ2n) is 3.25. The maximum atomic E-state index is 11.3. The number of hydrogen-bond acceptors (Lipinski definition) is 5. The molecule has 0 bridgehead atoms. The number of ether oxygens (including phenoxy) is 1. The van der Waals surface area contributed by atoms with Crippen LogP contribution in [-0.4, -0.2) is 38.1 Å². The summed E-state index contributed by atoms with van der Waals surface area (Å²) >= 11 is 1.54. The topological polar surface area (TPSA) is 80.7 Å². The molecule has 0 aliphatic rings. The molecule has 0 aliphatic carbocycles. The van der Waals surface area contributed by atoms with Crippen LogP contribution in [0.15, 0.2) is 23.1 Å². The lowest BCUT2D eigenvalue weighted by Gasteiger charge is -2.09. The molecular weight excluding hydrogens is 300 g/mol. The van der Waals surface area contributed by atoms with Crippen molar-refractivity contribution in [1.82, 2.24) is 0 Å². The number of hydrogen-bond donors (Lipinski definition) is 1. The van der Waals surface area contributed by atoms with Crippen molar-refractivity contribution in [2.45, 2.75) is 4.90 Å². The molecule has 0 heterocycles. The normalized spacial score (nSPS) is 11.2. The molecule has 1 N–H and O–H groups in total. The van der Waals surface area contributed by atoms with Gasteiger partial charge < -0.3 is 9.84 Å². The van der Waals surface area contributed by atoms with E-state index >= 15 is 0 Å². The third-order valence-electron chi connectivity index (χ3n) is 2.00. The lowest BCUT2D eigenvalue weighted by molar-refractivity contribution is 0.0696. The monoisotopic (exact) mass is 310 g/mol. The maximum absolute atomic E-state index is 11.3. The smallest absolute Gasteiger partial charge is 0.335 e. The first-order chi connectivity index (χ1) is 8.36. The van der Waals surface area contributed by atoms with Gasteiger partial charge in [-0.2, -0.15) is 11.8 Å². The van der Waals surface area contributed by atoms with Crippen LogP contribution in [0.1, 0.15) is 10.4 Å². The van der Waals surface area contributed by atoms with Gasteiger partial charge in [0.15, 0.2) is 0 Å². The van der Waals surface area contributed by atoms with Gasteiger partial charge in [-0.05, 0) is 24.5 Å². The van der Waals surface area contributed by atoms with Gasteiger partial charge >= 0.3 is 5.97 Å². The van der Waals surface area contributed by atoms with Crippen molar-refractivity contribution < 1.29 is 23.1 Å².